The van der Waals surface area contributed by atoms with Crippen molar-refractivity contribution in [3.05, 3.63) is 63.6 Å². The zero-order valence-corrected chi connectivity index (χ0v) is 13.0. The molecule has 21 heavy (non-hydrogen) atoms. The highest BCUT2D eigenvalue weighted by molar-refractivity contribution is 9.10. The van der Waals surface area contributed by atoms with Gasteiger partial charge in [0.2, 0.25) is 0 Å². The number of rotatable bonds is 4. The molecule has 0 spiro atoms. The van der Waals surface area contributed by atoms with Crippen molar-refractivity contribution in [3.63, 3.8) is 0 Å². The molecule has 0 bridgehead atoms. The predicted molar refractivity (Wildman–Crippen MR) is 83.4 cm³/mol. The number of hydrogen-bond acceptors (Lipinski definition) is 3. The lowest BCUT2D eigenvalue weighted by atomic mass is 10.0. The zero-order valence-electron chi connectivity index (χ0n) is 11.4. The van der Waals surface area contributed by atoms with Crippen LogP contribution in [0.2, 0.25) is 0 Å². The first-order valence-corrected chi connectivity index (χ1v) is 7.14. The third-order valence-corrected chi connectivity index (χ3v) is 3.65. The molecule has 0 saturated heterocycles. The van der Waals surface area contributed by atoms with E-state index in [-0.39, 0.29) is 17.4 Å². The third kappa shape index (κ3) is 3.70. The van der Waals surface area contributed by atoms with Gasteiger partial charge in [-0.15, -0.1) is 0 Å². The van der Waals surface area contributed by atoms with Crippen molar-refractivity contribution in [2.24, 2.45) is 0 Å². The van der Waals surface area contributed by atoms with E-state index in [9.17, 15) is 14.7 Å². The molecule has 0 heterocycles. The van der Waals surface area contributed by atoms with E-state index in [2.05, 4.69) is 21.2 Å². The van der Waals surface area contributed by atoms with E-state index >= 15 is 0 Å². The number of halogens is 1. The summed E-state index contributed by atoms with van der Waals surface area (Å²) in [6.45, 7) is 1.74. The van der Waals surface area contributed by atoms with Crippen LogP contribution in [0, 0.1) is 0 Å². The van der Waals surface area contributed by atoms with Crippen LogP contribution in [0.4, 0.5) is 0 Å². The number of amides is 1. The van der Waals surface area contributed by atoms with Crippen molar-refractivity contribution >= 4 is 27.6 Å². The Morgan fingerprint density at radius 2 is 1.81 bits per heavy atom. The van der Waals surface area contributed by atoms with Gasteiger partial charge in [-0.1, -0.05) is 24.3 Å². The Bertz CT molecular complexity index is 698. The molecular formula is C16H14BrNO3. The standard InChI is InChI=1S/C16H14BrNO3/c1-10(19)12-4-2-3-5-13(12)16(21)18-9-11-6-7-15(20)14(17)8-11/h2-8,20H,9H2,1H3,(H,18,21). The number of carbonyl (C=O) groups excluding carboxylic acids is 2. The van der Waals surface area contributed by atoms with Gasteiger partial charge in [0.1, 0.15) is 5.75 Å². The van der Waals surface area contributed by atoms with Crippen molar-refractivity contribution in [2.45, 2.75) is 13.5 Å². The van der Waals surface area contributed by atoms with Crippen LogP contribution >= 0.6 is 15.9 Å². The topological polar surface area (TPSA) is 66.4 Å². The minimum atomic E-state index is -0.301. The van der Waals surface area contributed by atoms with Gasteiger partial charge in [-0.2, -0.15) is 0 Å². The predicted octanol–water partition coefficient (Wildman–Crippen LogP) is 3.29. The molecule has 108 valence electrons. The van der Waals surface area contributed by atoms with Crippen LogP contribution in [-0.2, 0) is 6.54 Å². The number of Topliss-reactive ketones (excluding diaryl/α,β-unsaturated/α-hetero) is 1. The van der Waals surface area contributed by atoms with Crippen LogP contribution in [0.3, 0.4) is 0 Å². The van der Waals surface area contributed by atoms with Gasteiger partial charge in [-0.25, -0.2) is 0 Å². The molecule has 1 amide bonds. The van der Waals surface area contributed by atoms with E-state index in [1.807, 2.05) is 0 Å². The van der Waals surface area contributed by atoms with Crippen LogP contribution < -0.4 is 5.32 Å². The normalized spacial score (nSPS) is 10.2. The van der Waals surface area contributed by atoms with Gasteiger partial charge in [0.15, 0.2) is 5.78 Å². The number of benzene rings is 2. The zero-order chi connectivity index (χ0) is 15.4. The van der Waals surface area contributed by atoms with E-state index < -0.39 is 0 Å². The fraction of sp³-hybridized carbons (Fsp3) is 0.125. The van der Waals surface area contributed by atoms with E-state index in [0.717, 1.165) is 5.56 Å². The molecule has 0 aromatic heterocycles. The minimum absolute atomic E-state index is 0.145. The molecule has 2 N–H and O–H groups in total. The molecule has 0 unspecified atom stereocenters. The number of aromatic hydroxyl groups is 1. The summed E-state index contributed by atoms with van der Waals surface area (Å²) in [5, 5.41) is 12.2. The van der Waals surface area contributed by atoms with E-state index in [0.29, 0.717) is 22.1 Å². The van der Waals surface area contributed by atoms with Gasteiger partial charge < -0.3 is 10.4 Å². The quantitative estimate of drug-likeness (QED) is 0.834. The number of phenolic OH excluding ortho intramolecular Hbond substituents is 1. The Hall–Kier alpha value is -2.14. The van der Waals surface area contributed by atoms with Crippen molar-refractivity contribution in [3.8, 4) is 5.75 Å². The lowest BCUT2D eigenvalue weighted by Crippen LogP contribution is -2.24. The molecule has 0 aliphatic rings. The van der Waals surface area contributed by atoms with Crippen LogP contribution in [0.15, 0.2) is 46.9 Å². The van der Waals surface area contributed by atoms with Crippen molar-refractivity contribution in [1.82, 2.24) is 5.32 Å². The Balaban J connectivity index is 2.12. The molecule has 0 aliphatic carbocycles. The lowest BCUT2D eigenvalue weighted by molar-refractivity contribution is 0.0936. The second-order valence-corrected chi connectivity index (χ2v) is 5.42. The largest absolute Gasteiger partial charge is 0.507 e. The number of nitrogens with one attached hydrogen (secondary N) is 1. The Morgan fingerprint density at radius 3 is 2.43 bits per heavy atom. The van der Waals surface area contributed by atoms with Gasteiger partial charge >= 0.3 is 0 Å². The molecule has 2 aromatic carbocycles. The van der Waals surface area contributed by atoms with Crippen LogP contribution in [0.25, 0.3) is 0 Å². The number of phenols is 1. The van der Waals surface area contributed by atoms with Crippen LogP contribution in [-0.4, -0.2) is 16.8 Å². The first-order valence-electron chi connectivity index (χ1n) is 6.34. The second-order valence-electron chi connectivity index (χ2n) is 4.57. The fourth-order valence-corrected chi connectivity index (χ4v) is 2.35. The molecule has 0 aliphatic heterocycles. The highest BCUT2D eigenvalue weighted by atomic mass is 79.9. The monoisotopic (exact) mass is 347 g/mol. The summed E-state index contributed by atoms with van der Waals surface area (Å²) in [7, 11) is 0. The Labute approximate surface area is 130 Å². The van der Waals surface area contributed by atoms with Gasteiger partial charge in [0.25, 0.3) is 5.91 Å². The van der Waals surface area contributed by atoms with Crippen LogP contribution in [0.1, 0.15) is 33.2 Å². The van der Waals surface area contributed by atoms with Crippen molar-refractivity contribution in [2.75, 3.05) is 0 Å². The number of ketones is 1. The molecule has 0 saturated carbocycles. The van der Waals surface area contributed by atoms with E-state index in [1.54, 1.807) is 42.5 Å². The lowest BCUT2D eigenvalue weighted by Gasteiger charge is -2.09. The summed E-state index contributed by atoms with van der Waals surface area (Å²) in [6.07, 6.45) is 0. The van der Waals surface area contributed by atoms with Gasteiger partial charge in [0, 0.05) is 12.1 Å². The first kappa shape index (κ1) is 15.3. The maximum atomic E-state index is 12.2. The molecule has 0 radical (unpaired) electrons. The number of hydrogen-bond donors (Lipinski definition) is 2. The molecule has 0 fully saturated rings. The summed E-state index contributed by atoms with van der Waals surface area (Å²) in [5.41, 5.74) is 1.61. The summed E-state index contributed by atoms with van der Waals surface area (Å²) < 4.78 is 0.568. The highest BCUT2D eigenvalue weighted by Crippen LogP contribution is 2.24. The molecule has 4 nitrogen and oxygen atoms in total. The highest BCUT2D eigenvalue weighted by Gasteiger charge is 2.13. The Kier molecular flexibility index (Phi) is 4.75. The van der Waals surface area contributed by atoms with E-state index in [1.165, 1.54) is 6.92 Å². The summed E-state index contributed by atoms with van der Waals surface area (Å²) in [6, 6.07) is 11.7. The number of carbonyl (C=O) groups is 2. The molecular weight excluding hydrogens is 334 g/mol. The summed E-state index contributed by atoms with van der Waals surface area (Å²) in [4.78, 5) is 23.7. The summed E-state index contributed by atoms with van der Waals surface area (Å²) in [5.74, 6) is -0.301. The second kappa shape index (κ2) is 6.54. The summed E-state index contributed by atoms with van der Waals surface area (Å²) >= 11 is 3.22. The minimum Gasteiger partial charge on any atom is -0.507 e. The van der Waals surface area contributed by atoms with E-state index in [4.69, 9.17) is 0 Å². The maximum Gasteiger partial charge on any atom is 0.252 e. The average Bonchev–Trinajstić information content (AvgIpc) is 2.48. The first-order chi connectivity index (χ1) is 9.99. The fourth-order valence-electron chi connectivity index (χ4n) is 1.93. The third-order valence-electron chi connectivity index (χ3n) is 3.02. The van der Waals surface area contributed by atoms with Gasteiger partial charge in [-0.05, 0) is 46.6 Å². The molecule has 2 rings (SSSR count). The maximum absolute atomic E-state index is 12.2. The smallest absolute Gasteiger partial charge is 0.252 e. The average molecular weight is 348 g/mol. The van der Waals surface area contributed by atoms with Gasteiger partial charge in [-0.3, -0.25) is 9.59 Å². The van der Waals surface area contributed by atoms with Crippen LogP contribution in [0.5, 0.6) is 5.75 Å². The van der Waals surface area contributed by atoms with Crippen molar-refractivity contribution < 1.29 is 14.7 Å². The van der Waals surface area contributed by atoms with Crippen molar-refractivity contribution in [1.29, 1.82) is 0 Å². The molecule has 2 aromatic rings. The SMILES string of the molecule is CC(=O)c1ccccc1C(=O)NCc1ccc(O)c(Br)c1. The molecule has 0 atom stereocenters. The van der Waals surface area contributed by atoms with Gasteiger partial charge in [0.05, 0.1) is 10.0 Å². The molecule has 5 heteroatoms. The Morgan fingerprint density at radius 1 is 1.14 bits per heavy atom.